The van der Waals surface area contributed by atoms with Gasteiger partial charge in [-0.1, -0.05) is 54.7 Å². The van der Waals surface area contributed by atoms with Crippen molar-refractivity contribution in [1.82, 2.24) is 0 Å². The first-order valence-corrected chi connectivity index (χ1v) is 8.69. The number of hydrogen-bond donors (Lipinski definition) is 0. The molecule has 0 aliphatic carbocycles. The molecule has 0 amide bonds. The Balaban J connectivity index is 2.02. The molecule has 3 rings (SSSR count). The van der Waals surface area contributed by atoms with Crippen molar-refractivity contribution in [2.45, 2.75) is 24.3 Å². The van der Waals surface area contributed by atoms with Crippen molar-refractivity contribution in [2.75, 3.05) is 7.11 Å². The number of thiocarbonyl (C=S) groups is 1. The van der Waals surface area contributed by atoms with Gasteiger partial charge in [0.25, 0.3) is 0 Å². The molecule has 2 aromatic rings. The van der Waals surface area contributed by atoms with Gasteiger partial charge in [0.15, 0.2) is 0 Å². The maximum absolute atomic E-state index is 6.21. The zero-order chi connectivity index (χ0) is 17.2. The largest absolute Gasteiger partial charge is 0.481 e. The first kappa shape index (κ1) is 17.2. The highest BCUT2D eigenvalue weighted by molar-refractivity contribution is 7.94. The number of rotatable bonds is 5. The fraction of sp³-hybridized carbons (Fsp3) is 0.211. The maximum Gasteiger partial charge on any atom is 0.139 e. The topological polar surface area (TPSA) is 27.7 Å². The molecule has 0 unspecified atom stereocenters. The highest BCUT2D eigenvalue weighted by Crippen LogP contribution is 2.42. The van der Waals surface area contributed by atoms with Gasteiger partial charge in [-0.2, -0.15) is 4.33 Å². The fourth-order valence-electron chi connectivity index (χ4n) is 2.56. The van der Waals surface area contributed by atoms with E-state index in [1.54, 1.807) is 0 Å². The molecule has 124 valence electrons. The van der Waals surface area contributed by atoms with E-state index in [-0.39, 0.29) is 0 Å². The average molecular weight is 358 g/mol. The van der Waals surface area contributed by atoms with E-state index in [0.717, 1.165) is 44.3 Å². The third kappa shape index (κ3) is 3.39. The zero-order valence-corrected chi connectivity index (χ0v) is 15.4. The molecule has 1 aliphatic heterocycles. The molecule has 0 bridgehead atoms. The molecule has 0 saturated heterocycles. The zero-order valence-electron chi connectivity index (χ0n) is 13.7. The van der Waals surface area contributed by atoms with Crippen LogP contribution in [0.1, 0.15) is 25.0 Å². The molecule has 5 heteroatoms. The fourth-order valence-corrected chi connectivity index (χ4v) is 3.21. The van der Waals surface area contributed by atoms with Crippen LogP contribution >= 0.6 is 24.3 Å². The summed E-state index contributed by atoms with van der Waals surface area (Å²) in [6.07, 6.45) is 0. The van der Waals surface area contributed by atoms with E-state index >= 15 is 0 Å². The Hall–Kier alpha value is -1.66. The molecule has 0 spiro atoms. The van der Waals surface area contributed by atoms with Crippen LogP contribution in [0, 0.1) is 0 Å². The van der Waals surface area contributed by atoms with E-state index in [1.807, 2.05) is 56.3 Å². The minimum Gasteiger partial charge on any atom is -0.481 e. The average Bonchev–Trinajstić information content (AvgIpc) is 2.84. The second-order valence-corrected chi connectivity index (χ2v) is 7.04. The molecule has 0 saturated carbocycles. The molecule has 1 aliphatic rings. The Morgan fingerprint density at radius 1 is 0.958 bits per heavy atom. The summed E-state index contributed by atoms with van der Waals surface area (Å²) < 4.78 is 11.1. The van der Waals surface area contributed by atoms with E-state index in [4.69, 9.17) is 21.3 Å². The minimum absolute atomic E-state index is 0.498. The lowest BCUT2D eigenvalue weighted by Crippen LogP contribution is -2.27. The molecule has 24 heavy (non-hydrogen) atoms. The summed E-state index contributed by atoms with van der Waals surface area (Å²) in [4.78, 5) is 6.37. The molecule has 0 atom stereocenters. The second kappa shape index (κ2) is 7.07. The van der Waals surface area contributed by atoms with Gasteiger partial charge in [0.2, 0.25) is 0 Å². The molecule has 0 N–H and O–H groups in total. The Bertz CT molecular complexity index is 765. The van der Waals surface area contributed by atoms with Crippen LogP contribution in [0.4, 0.5) is 0 Å². The van der Waals surface area contributed by atoms with Crippen LogP contribution < -0.4 is 0 Å². The molecule has 2 aromatic carbocycles. The van der Waals surface area contributed by atoms with Crippen LogP contribution in [0.3, 0.4) is 0 Å². The lowest BCUT2D eigenvalue weighted by molar-refractivity contribution is -0.160. The molecular formula is C19H18O3S2. The van der Waals surface area contributed by atoms with Gasteiger partial charge in [0, 0.05) is 16.0 Å². The van der Waals surface area contributed by atoms with E-state index in [0.29, 0.717) is 0 Å². The quantitative estimate of drug-likeness (QED) is 0.312. The van der Waals surface area contributed by atoms with Gasteiger partial charge in [0.05, 0.1) is 24.0 Å². The first-order chi connectivity index (χ1) is 11.5. The van der Waals surface area contributed by atoms with Crippen LogP contribution in [0.25, 0.3) is 11.3 Å². The van der Waals surface area contributed by atoms with Crippen molar-refractivity contribution in [3.8, 4) is 0 Å². The normalized spacial score (nSPS) is 16.4. The Labute approximate surface area is 151 Å². The van der Waals surface area contributed by atoms with Crippen LogP contribution in [-0.2, 0) is 14.0 Å². The van der Waals surface area contributed by atoms with Crippen molar-refractivity contribution < 1.29 is 14.0 Å². The SMILES string of the molecule is COOSc1ccc(C2=C(c3ccccc3)C(=S)C(C)(C)O2)cc1. The highest BCUT2D eigenvalue weighted by atomic mass is 32.2. The first-order valence-electron chi connectivity index (χ1n) is 7.54. The number of benzene rings is 2. The van der Waals surface area contributed by atoms with Crippen LogP contribution in [-0.4, -0.2) is 17.6 Å². The van der Waals surface area contributed by atoms with Crippen molar-refractivity contribution >= 4 is 40.5 Å². The minimum atomic E-state index is -0.498. The molecule has 1 heterocycles. The summed E-state index contributed by atoms with van der Waals surface area (Å²) >= 11 is 6.86. The monoisotopic (exact) mass is 358 g/mol. The molecule has 0 fully saturated rings. The third-order valence-corrected chi connectivity index (χ3v) is 5.10. The van der Waals surface area contributed by atoms with Crippen molar-refractivity contribution in [2.24, 2.45) is 0 Å². The summed E-state index contributed by atoms with van der Waals surface area (Å²) in [5, 5.41) is 0. The maximum atomic E-state index is 6.21. The van der Waals surface area contributed by atoms with E-state index in [9.17, 15) is 0 Å². The van der Waals surface area contributed by atoms with Crippen molar-refractivity contribution in [1.29, 1.82) is 0 Å². The van der Waals surface area contributed by atoms with Gasteiger partial charge < -0.3 is 4.74 Å². The molecule has 3 nitrogen and oxygen atoms in total. The van der Waals surface area contributed by atoms with Gasteiger partial charge in [-0.15, -0.1) is 0 Å². The Morgan fingerprint density at radius 3 is 2.25 bits per heavy atom. The van der Waals surface area contributed by atoms with Crippen molar-refractivity contribution in [3.63, 3.8) is 0 Å². The number of ether oxygens (including phenoxy) is 1. The van der Waals surface area contributed by atoms with E-state index in [1.165, 1.54) is 7.11 Å². The van der Waals surface area contributed by atoms with E-state index < -0.39 is 5.60 Å². The summed E-state index contributed by atoms with van der Waals surface area (Å²) in [6.45, 7) is 4.00. The van der Waals surface area contributed by atoms with Crippen LogP contribution in [0.15, 0.2) is 59.5 Å². The third-order valence-electron chi connectivity index (χ3n) is 3.74. The lowest BCUT2D eigenvalue weighted by atomic mass is 9.94. The Morgan fingerprint density at radius 2 is 1.62 bits per heavy atom. The van der Waals surface area contributed by atoms with Gasteiger partial charge in [-0.25, -0.2) is 4.89 Å². The summed E-state index contributed by atoms with van der Waals surface area (Å²) in [5.74, 6) is 0.820. The number of hydrogen-bond acceptors (Lipinski definition) is 5. The smallest absolute Gasteiger partial charge is 0.139 e. The second-order valence-electron chi connectivity index (χ2n) is 5.85. The Kier molecular flexibility index (Phi) is 5.06. The molecule has 0 radical (unpaired) electrons. The van der Waals surface area contributed by atoms with Crippen molar-refractivity contribution in [3.05, 3.63) is 65.7 Å². The summed E-state index contributed by atoms with van der Waals surface area (Å²) in [6, 6.07) is 18.1. The molecule has 0 aromatic heterocycles. The summed E-state index contributed by atoms with van der Waals surface area (Å²) in [5.41, 5.74) is 2.56. The van der Waals surface area contributed by atoms with Crippen LogP contribution in [0.2, 0.25) is 0 Å². The van der Waals surface area contributed by atoms with Crippen LogP contribution in [0.5, 0.6) is 0 Å². The van der Waals surface area contributed by atoms with E-state index in [2.05, 4.69) is 17.0 Å². The standard InChI is InChI=1S/C19H18O3S2/c1-19(2)18(23)16(13-7-5-4-6-8-13)17(21-19)14-9-11-15(12-10-14)24-22-20-3/h4-12H,1-3H3. The van der Waals surface area contributed by atoms with Gasteiger partial charge in [0.1, 0.15) is 11.4 Å². The summed E-state index contributed by atoms with van der Waals surface area (Å²) in [7, 11) is 1.48. The lowest BCUT2D eigenvalue weighted by Gasteiger charge is -2.20. The predicted molar refractivity (Wildman–Crippen MR) is 101 cm³/mol. The predicted octanol–water partition coefficient (Wildman–Crippen LogP) is 5.32. The molecular weight excluding hydrogens is 340 g/mol. The van der Waals surface area contributed by atoms with Gasteiger partial charge >= 0.3 is 0 Å². The van der Waals surface area contributed by atoms with Gasteiger partial charge in [-0.05, 0) is 31.5 Å². The highest BCUT2D eigenvalue weighted by Gasteiger charge is 2.39. The van der Waals surface area contributed by atoms with Gasteiger partial charge in [-0.3, -0.25) is 0 Å².